The quantitative estimate of drug-likeness (QED) is 0.497. The maximum absolute atomic E-state index is 11.2. The maximum atomic E-state index is 11.2. The molecule has 3 atom stereocenters. The maximum Gasteiger partial charge on any atom is 0.320 e. The third-order valence-electron chi connectivity index (χ3n) is 1.71. The molecule has 0 radical (unpaired) electrons. The van der Waals surface area contributed by atoms with Gasteiger partial charge in [-0.2, -0.15) is 0 Å². The molecule has 0 saturated carbocycles. The Morgan fingerprint density at radius 1 is 1.50 bits per heavy atom. The Labute approximate surface area is 88.5 Å². The van der Waals surface area contributed by atoms with Crippen molar-refractivity contribution in [3.63, 3.8) is 0 Å². The van der Waals surface area contributed by atoms with Gasteiger partial charge in [0.15, 0.2) is 0 Å². The summed E-state index contributed by atoms with van der Waals surface area (Å²) >= 11 is 0. The minimum absolute atomic E-state index is 0. The number of nitrogens with two attached hydrogens (primary N) is 2. The van der Waals surface area contributed by atoms with Gasteiger partial charge in [-0.3, -0.25) is 9.36 Å². The molecule has 0 aromatic carbocycles. The van der Waals surface area contributed by atoms with Gasteiger partial charge in [0.25, 0.3) is 0 Å². The second-order valence-corrected chi connectivity index (χ2v) is 5.73. The van der Waals surface area contributed by atoms with E-state index in [4.69, 9.17) is 16.6 Å². The fraction of sp³-hybridized carbons (Fsp3) is 0.833. The molecule has 0 amide bonds. The molecule has 0 aliphatic heterocycles. The monoisotopic (exact) mass is 246 g/mol. The molecule has 0 saturated heterocycles. The van der Waals surface area contributed by atoms with E-state index in [9.17, 15) is 14.3 Å². The van der Waals surface area contributed by atoms with Gasteiger partial charge in [0.1, 0.15) is 6.04 Å². The van der Waals surface area contributed by atoms with Gasteiger partial charge in [0.2, 0.25) is 7.37 Å². The second-order valence-electron chi connectivity index (χ2n) is 2.95. The zero-order valence-corrected chi connectivity index (χ0v) is 9.50. The van der Waals surface area contributed by atoms with E-state index < -0.39 is 25.2 Å². The topological polar surface area (TPSA) is 127 Å². The Hall–Kier alpha value is -0.130. The lowest BCUT2D eigenvalue weighted by Crippen LogP contribution is -2.31. The molecule has 0 bridgehead atoms. The van der Waals surface area contributed by atoms with Crippen molar-refractivity contribution in [2.45, 2.75) is 25.2 Å². The van der Waals surface area contributed by atoms with E-state index in [1.165, 1.54) is 6.92 Å². The summed E-state index contributed by atoms with van der Waals surface area (Å²) in [5, 5.41) is 8.39. The smallest absolute Gasteiger partial charge is 0.320 e. The van der Waals surface area contributed by atoms with Crippen molar-refractivity contribution in [1.29, 1.82) is 0 Å². The zero-order chi connectivity index (χ0) is 10.6. The van der Waals surface area contributed by atoms with Gasteiger partial charge in [-0.15, -0.1) is 12.4 Å². The normalized spacial score (nSPS) is 18.9. The highest BCUT2D eigenvalue weighted by atomic mass is 35.5. The Morgan fingerprint density at radius 2 is 1.93 bits per heavy atom. The second kappa shape index (κ2) is 6.37. The molecule has 14 heavy (non-hydrogen) atoms. The zero-order valence-electron chi connectivity index (χ0n) is 7.79. The van der Waals surface area contributed by atoms with Crippen LogP contribution in [0.2, 0.25) is 0 Å². The Bertz CT molecular complexity index is 236. The summed E-state index contributed by atoms with van der Waals surface area (Å²) in [6.45, 7) is 1.41. The first-order valence-electron chi connectivity index (χ1n) is 3.83. The molecule has 6 N–H and O–H groups in total. The van der Waals surface area contributed by atoms with Crippen LogP contribution in [0.4, 0.5) is 0 Å². The molecule has 6 nitrogen and oxygen atoms in total. The molecule has 0 aromatic heterocycles. The largest absolute Gasteiger partial charge is 0.480 e. The van der Waals surface area contributed by atoms with Crippen molar-refractivity contribution in [3.8, 4) is 0 Å². The van der Waals surface area contributed by atoms with Crippen molar-refractivity contribution in [1.82, 2.24) is 0 Å². The molecule has 8 heteroatoms. The molecule has 0 aromatic rings. The number of aliphatic carboxylic acids is 1. The molecule has 0 fully saturated rings. The minimum Gasteiger partial charge on any atom is -0.480 e. The summed E-state index contributed by atoms with van der Waals surface area (Å²) in [5.41, 5.74) is 10.4. The first kappa shape index (κ1) is 16.3. The summed E-state index contributed by atoms with van der Waals surface area (Å²) in [6.07, 6.45) is -0.192. The van der Waals surface area contributed by atoms with Gasteiger partial charge in [-0.05, 0) is 13.3 Å². The van der Waals surface area contributed by atoms with Crippen LogP contribution in [0.3, 0.4) is 0 Å². The molecular formula is C6H16ClN2O4P. The summed E-state index contributed by atoms with van der Waals surface area (Å²) in [7, 11) is -3.42. The molecule has 1 unspecified atom stereocenters. The van der Waals surface area contributed by atoms with E-state index in [0.29, 0.717) is 0 Å². The van der Waals surface area contributed by atoms with Gasteiger partial charge in [0, 0.05) is 6.16 Å². The predicted octanol–water partition coefficient (Wildman–Crippen LogP) is -0.215. The number of carboxylic acid groups (broad SMARTS) is 1. The van der Waals surface area contributed by atoms with E-state index in [1.54, 1.807) is 0 Å². The van der Waals surface area contributed by atoms with Crippen LogP contribution in [-0.4, -0.2) is 34.0 Å². The van der Waals surface area contributed by atoms with Crippen LogP contribution in [0, 0.1) is 0 Å². The number of hydrogen-bond donors (Lipinski definition) is 4. The number of rotatable bonds is 5. The van der Waals surface area contributed by atoms with Crippen LogP contribution in [0.1, 0.15) is 13.3 Å². The van der Waals surface area contributed by atoms with Gasteiger partial charge in [0.05, 0.1) is 5.78 Å². The standard InChI is InChI=1S/C6H15N2O4P.ClH/c1-4(7)13(11,12)3-2-5(8)6(9)10;/h4-5H,2-3,7-8H2,1H3,(H,9,10)(H,11,12);1H/t4-,5+;/m1./s1. The first-order chi connectivity index (χ1) is 5.77. The highest BCUT2D eigenvalue weighted by molar-refractivity contribution is 7.58. The van der Waals surface area contributed by atoms with E-state index in [2.05, 4.69) is 0 Å². The van der Waals surface area contributed by atoms with E-state index in [0.717, 1.165) is 0 Å². The fourth-order valence-corrected chi connectivity index (χ4v) is 1.71. The van der Waals surface area contributed by atoms with Gasteiger partial charge in [-0.1, -0.05) is 0 Å². The van der Waals surface area contributed by atoms with Crippen LogP contribution < -0.4 is 11.5 Å². The lowest BCUT2D eigenvalue weighted by molar-refractivity contribution is -0.138. The van der Waals surface area contributed by atoms with E-state index >= 15 is 0 Å². The molecule has 0 spiro atoms. The highest BCUT2D eigenvalue weighted by Gasteiger charge is 2.25. The Balaban J connectivity index is 0. The van der Waals surface area contributed by atoms with Crippen LogP contribution in [0.15, 0.2) is 0 Å². The number of halogens is 1. The summed E-state index contributed by atoms with van der Waals surface area (Å²) < 4.78 is 11.2. The number of hydrogen-bond acceptors (Lipinski definition) is 4. The van der Waals surface area contributed by atoms with Crippen molar-refractivity contribution >= 4 is 25.7 Å². The lowest BCUT2D eigenvalue weighted by Gasteiger charge is -2.15. The molecular weight excluding hydrogens is 231 g/mol. The van der Waals surface area contributed by atoms with Crippen molar-refractivity contribution in [2.75, 3.05) is 6.16 Å². The highest BCUT2D eigenvalue weighted by Crippen LogP contribution is 2.44. The average molecular weight is 247 g/mol. The van der Waals surface area contributed by atoms with Crippen molar-refractivity contribution in [3.05, 3.63) is 0 Å². The van der Waals surface area contributed by atoms with Crippen molar-refractivity contribution in [2.24, 2.45) is 11.5 Å². The third-order valence-corrected chi connectivity index (χ3v) is 3.89. The summed E-state index contributed by atoms with van der Waals surface area (Å²) in [6, 6.07) is -1.10. The van der Waals surface area contributed by atoms with Gasteiger partial charge in [-0.25, -0.2) is 0 Å². The Morgan fingerprint density at radius 3 is 2.21 bits per heavy atom. The Kier molecular flexibility index (Phi) is 7.42. The van der Waals surface area contributed by atoms with Crippen LogP contribution in [0.5, 0.6) is 0 Å². The SMILES string of the molecule is C[C@H](N)P(=O)(O)CC[C@H](N)C(=O)O.Cl. The third kappa shape index (κ3) is 5.57. The number of carboxylic acids is 1. The molecule has 0 aliphatic carbocycles. The molecule has 86 valence electrons. The summed E-state index contributed by atoms with van der Waals surface area (Å²) in [4.78, 5) is 19.5. The van der Waals surface area contributed by atoms with Crippen LogP contribution in [0.25, 0.3) is 0 Å². The fourth-order valence-electron chi connectivity index (χ4n) is 0.651. The molecule has 0 heterocycles. The van der Waals surface area contributed by atoms with Gasteiger partial charge >= 0.3 is 5.97 Å². The average Bonchev–Trinajstić information content (AvgIpc) is 1.99. The van der Waals surface area contributed by atoms with Crippen molar-refractivity contribution < 1.29 is 19.4 Å². The first-order valence-corrected chi connectivity index (χ1v) is 5.74. The minimum atomic E-state index is -3.42. The van der Waals surface area contributed by atoms with Gasteiger partial charge < -0.3 is 21.5 Å². The predicted molar refractivity (Wildman–Crippen MR) is 55.8 cm³/mol. The lowest BCUT2D eigenvalue weighted by atomic mass is 10.2. The van der Waals surface area contributed by atoms with E-state index in [1.807, 2.05) is 0 Å². The molecule has 0 rings (SSSR count). The van der Waals surface area contributed by atoms with Crippen LogP contribution in [-0.2, 0) is 9.36 Å². The summed E-state index contributed by atoms with van der Waals surface area (Å²) in [5.74, 6) is -2.02. The number of carbonyl (C=O) groups is 1. The van der Waals surface area contributed by atoms with Crippen LogP contribution >= 0.6 is 19.8 Å². The molecule has 0 aliphatic rings. The van der Waals surface area contributed by atoms with E-state index in [-0.39, 0.29) is 25.0 Å².